The number of nitro benzene ring substituents is 1. The second-order valence-corrected chi connectivity index (χ2v) is 4.56. The molecule has 0 atom stereocenters. The zero-order valence-electron chi connectivity index (χ0n) is 10.6. The van der Waals surface area contributed by atoms with Crippen molar-refractivity contribution < 1.29 is 18.8 Å². The third-order valence-corrected chi connectivity index (χ3v) is 2.95. The molecule has 2 aromatic carbocycles. The van der Waals surface area contributed by atoms with Gasteiger partial charge < -0.3 is 4.74 Å². The maximum Gasteiger partial charge on any atom is 0.276 e. The maximum atomic E-state index is 13.6. The van der Waals surface area contributed by atoms with Gasteiger partial charge in [-0.15, -0.1) is 0 Å². The van der Waals surface area contributed by atoms with Crippen LogP contribution in [0.15, 0.2) is 36.4 Å². The van der Waals surface area contributed by atoms with Crippen molar-refractivity contribution in [2.24, 2.45) is 0 Å². The predicted molar refractivity (Wildman–Crippen MR) is 74.2 cm³/mol. The average Bonchev–Trinajstić information content (AvgIpc) is 2.45. The lowest BCUT2D eigenvalue weighted by atomic mass is 10.2. The first-order valence-electron chi connectivity index (χ1n) is 5.81. The SMILES string of the molecule is O=Cc1ccc(OCc2cc(Cl)ccc2[N+](=O)[O-])c(F)c1. The van der Waals surface area contributed by atoms with Crippen molar-refractivity contribution in [3.8, 4) is 5.75 Å². The number of nitrogens with zero attached hydrogens (tertiary/aromatic N) is 1. The summed E-state index contributed by atoms with van der Waals surface area (Å²) in [7, 11) is 0. The summed E-state index contributed by atoms with van der Waals surface area (Å²) in [5.74, 6) is -0.820. The molecule has 0 N–H and O–H groups in total. The molecule has 0 saturated heterocycles. The van der Waals surface area contributed by atoms with E-state index in [4.69, 9.17) is 16.3 Å². The fourth-order valence-corrected chi connectivity index (χ4v) is 1.91. The molecular formula is C14H9ClFNO4. The van der Waals surface area contributed by atoms with E-state index in [0.29, 0.717) is 11.3 Å². The summed E-state index contributed by atoms with van der Waals surface area (Å²) >= 11 is 5.78. The first-order valence-corrected chi connectivity index (χ1v) is 6.19. The van der Waals surface area contributed by atoms with E-state index in [-0.39, 0.29) is 29.2 Å². The normalized spacial score (nSPS) is 10.2. The minimum atomic E-state index is -0.718. The Hall–Kier alpha value is -2.47. The minimum Gasteiger partial charge on any atom is -0.486 e. The average molecular weight is 310 g/mol. The van der Waals surface area contributed by atoms with Gasteiger partial charge in [0.2, 0.25) is 0 Å². The molecule has 0 amide bonds. The van der Waals surface area contributed by atoms with Crippen LogP contribution in [0.2, 0.25) is 5.02 Å². The number of carbonyl (C=O) groups is 1. The summed E-state index contributed by atoms with van der Waals surface area (Å²) in [6.45, 7) is -0.214. The quantitative estimate of drug-likeness (QED) is 0.479. The molecular weight excluding hydrogens is 301 g/mol. The summed E-state index contributed by atoms with van der Waals surface area (Å²) in [5, 5.41) is 11.2. The van der Waals surface area contributed by atoms with Gasteiger partial charge in [0.15, 0.2) is 11.6 Å². The van der Waals surface area contributed by atoms with Crippen molar-refractivity contribution in [3.63, 3.8) is 0 Å². The monoisotopic (exact) mass is 309 g/mol. The smallest absolute Gasteiger partial charge is 0.276 e. The third kappa shape index (κ3) is 3.55. The van der Waals surface area contributed by atoms with Crippen molar-refractivity contribution >= 4 is 23.6 Å². The predicted octanol–water partition coefficient (Wildman–Crippen LogP) is 3.78. The highest BCUT2D eigenvalue weighted by Crippen LogP contribution is 2.25. The molecule has 0 aliphatic heterocycles. The van der Waals surface area contributed by atoms with E-state index in [0.717, 1.165) is 6.07 Å². The molecule has 21 heavy (non-hydrogen) atoms. The Kier molecular flexibility index (Phi) is 4.49. The van der Waals surface area contributed by atoms with Crippen molar-refractivity contribution in [2.45, 2.75) is 6.61 Å². The van der Waals surface area contributed by atoms with E-state index in [1.54, 1.807) is 0 Å². The van der Waals surface area contributed by atoms with Gasteiger partial charge in [0.25, 0.3) is 5.69 Å². The van der Waals surface area contributed by atoms with Gasteiger partial charge in [-0.1, -0.05) is 11.6 Å². The summed E-state index contributed by atoms with van der Waals surface area (Å²) in [6.07, 6.45) is 0.509. The number of benzene rings is 2. The Morgan fingerprint density at radius 3 is 2.67 bits per heavy atom. The molecule has 0 aromatic heterocycles. The fraction of sp³-hybridized carbons (Fsp3) is 0.0714. The van der Waals surface area contributed by atoms with Crippen LogP contribution in [0.1, 0.15) is 15.9 Å². The molecule has 0 spiro atoms. The molecule has 0 saturated carbocycles. The lowest BCUT2D eigenvalue weighted by molar-refractivity contribution is -0.385. The standard InChI is InChI=1S/C14H9ClFNO4/c15-11-2-3-13(17(19)20)10(6-11)8-21-14-4-1-9(7-18)5-12(14)16/h1-7H,8H2. The van der Waals surface area contributed by atoms with Gasteiger partial charge >= 0.3 is 0 Å². The van der Waals surface area contributed by atoms with E-state index in [9.17, 15) is 19.3 Å². The number of halogens is 2. The number of aldehydes is 1. The molecule has 0 aliphatic rings. The van der Waals surface area contributed by atoms with Crippen LogP contribution in [0, 0.1) is 15.9 Å². The Morgan fingerprint density at radius 2 is 2.05 bits per heavy atom. The van der Waals surface area contributed by atoms with E-state index in [2.05, 4.69) is 0 Å². The second kappa shape index (κ2) is 6.32. The van der Waals surface area contributed by atoms with Crippen LogP contribution >= 0.6 is 11.6 Å². The maximum absolute atomic E-state index is 13.6. The van der Waals surface area contributed by atoms with Gasteiger partial charge in [-0.2, -0.15) is 0 Å². The van der Waals surface area contributed by atoms with Gasteiger partial charge in [-0.3, -0.25) is 14.9 Å². The summed E-state index contributed by atoms with van der Waals surface area (Å²) in [5.41, 5.74) is 0.240. The summed E-state index contributed by atoms with van der Waals surface area (Å²) in [4.78, 5) is 20.8. The molecule has 2 rings (SSSR count). The molecule has 0 bridgehead atoms. The molecule has 5 nitrogen and oxygen atoms in total. The lowest BCUT2D eigenvalue weighted by Crippen LogP contribution is -2.02. The van der Waals surface area contributed by atoms with Crippen molar-refractivity contribution in [1.82, 2.24) is 0 Å². The van der Waals surface area contributed by atoms with Gasteiger partial charge in [0, 0.05) is 16.7 Å². The van der Waals surface area contributed by atoms with Crippen molar-refractivity contribution in [1.29, 1.82) is 0 Å². The Labute approximate surface area is 124 Å². The topological polar surface area (TPSA) is 69.4 Å². The highest BCUT2D eigenvalue weighted by Gasteiger charge is 2.15. The Morgan fingerprint density at radius 1 is 1.29 bits per heavy atom. The van der Waals surface area contributed by atoms with Gasteiger partial charge in [-0.25, -0.2) is 4.39 Å². The zero-order valence-corrected chi connectivity index (χ0v) is 11.3. The highest BCUT2D eigenvalue weighted by atomic mass is 35.5. The molecule has 0 fully saturated rings. The molecule has 0 unspecified atom stereocenters. The second-order valence-electron chi connectivity index (χ2n) is 4.13. The molecule has 0 heterocycles. The number of ether oxygens (including phenoxy) is 1. The molecule has 7 heteroatoms. The number of carbonyl (C=O) groups excluding carboxylic acids is 1. The lowest BCUT2D eigenvalue weighted by Gasteiger charge is -2.08. The number of hydrogen-bond donors (Lipinski definition) is 0. The first-order chi connectivity index (χ1) is 10.0. The van der Waals surface area contributed by atoms with Gasteiger partial charge in [0.1, 0.15) is 12.9 Å². The van der Waals surface area contributed by atoms with E-state index < -0.39 is 10.7 Å². The third-order valence-electron chi connectivity index (χ3n) is 2.71. The van der Waals surface area contributed by atoms with Crippen LogP contribution in [0.3, 0.4) is 0 Å². The number of nitro groups is 1. The van der Waals surface area contributed by atoms with E-state index >= 15 is 0 Å². The summed E-state index contributed by atoms with van der Waals surface area (Å²) < 4.78 is 18.8. The van der Waals surface area contributed by atoms with Crippen LogP contribution in [0.4, 0.5) is 10.1 Å². The van der Waals surface area contributed by atoms with Crippen LogP contribution in [0.25, 0.3) is 0 Å². The molecule has 0 radical (unpaired) electrons. The van der Waals surface area contributed by atoms with Crippen LogP contribution in [-0.2, 0) is 6.61 Å². The van der Waals surface area contributed by atoms with Gasteiger partial charge in [-0.05, 0) is 30.3 Å². The van der Waals surface area contributed by atoms with E-state index in [1.807, 2.05) is 0 Å². The van der Waals surface area contributed by atoms with Crippen molar-refractivity contribution in [2.75, 3.05) is 0 Å². The highest BCUT2D eigenvalue weighted by molar-refractivity contribution is 6.30. The van der Waals surface area contributed by atoms with Gasteiger partial charge in [0.05, 0.1) is 10.5 Å². The van der Waals surface area contributed by atoms with Crippen molar-refractivity contribution in [3.05, 3.63) is 68.5 Å². The fourth-order valence-electron chi connectivity index (χ4n) is 1.71. The largest absolute Gasteiger partial charge is 0.486 e. The van der Waals surface area contributed by atoms with Crippen LogP contribution in [-0.4, -0.2) is 11.2 Å². The van der Waals surface area contributed by atoms with Crippen LogP contribution < -0.4 is 4.74 Å². The Balaban J connectivity index is 2.22. The minimum absolute atomic E-state index is 0.102. The molecule has 2 aromatic rings. The Bertz CT molecular complexity index is 705. The van der Waals surface area contributed by atoms with Crippen LogP contribution in [0.5, 0.6) is 5.75 Å². The zero-order chi connectivity index (χ0) is 15.4. The first kappa shape index (κ1) is 14.9. The number of hydrogen-bond acceptors (Lipinski definition) is 4. The number of rotatable bonds is 5. The molecule has 108 valence electrons. The van der Waals surface area contributed by atoms with E-state index in [1.165, 1.54) is 30.3 Å². The molecule has 0 aliphatic carbocycles. The summed E-state index contributed by atoms with van der Waals surface area (Å²) in [6, 6.07) is 7.73.